The number of rotatable bonds is 4. The highest BCUT2D eigenvalue weighted by atomic mass is 16.5. The molecule has 0 unspecified atom stereocenters. The molecule has 5 heteroatoms. The van der Waals surface area contributed by atoms with E-state index >= 15 is 0 Å². The molecule has 5 nitrogen and oxygen atoms in total. The van der Waals surface area contributed by atoms with E-state index in [1.807, 2.05) is 31.2 Å². The average molecular weight is 284 g/mol. The molecule has 0 bridgehead atoms. The van der Waals surface area contributed by atoms with E-state index in [1.165, 1.54) is 0 Å². The minimum absolute atomic E-state index is 0.0312. The summed E-state index contributed by atoms with van der Waals surface area (Å²) in [4.78, 5) is 11.4. The lowest BCUT2D eigenvalue weighted by Crippen LogP contribution is -2.03. The predicted octanol–water partition coefficient (Wildman–Crippen LogP) is 2.95. The second-order valence-electron chi connectivity index (χ2n) is 4.75. The summed E-state index contributed by atoms with van der Waals surface area (Å²) in [6.07, 6.45) is 0.356. The first-order chi connectivity index (χ1) is 10.2. The van der Waals surface area contributed by atoms with E-state index in [-0.39, 0.29) is 5.91 Å². The Morgan fingerprint density at radius 3 is 2.71 bits per heavy atom. The van der Waals surface area contributed by atoms with Crippen LogP contribution in [0.5, 0.6) is 17.2 Å². The average Bonchev–Trinajstić information content (AvgIpc) is 2.81. The fourth-order valence-electron chi connectivity index (χ4n) is 2.29. The maximum atomic E-state index is 11.4. The van der Waals surface area contributed by atoms with Crippen LogP contribution in [0.1, 0.15) is 12.5 Å². The van der Waals surface area contributed by atoms with Crippen LogP contribution < -0.4 is 20.5 Å². The normalized spacial score (nSPS) is 12.7. The molecule has 0 fully saturated rings. The molecule has 0 aliphatic carbocycles. The van der Waals surface area contributed by atoms with E-state index in [4.69, 9.17) is 15.2 Å². The summed E-state index contributed by atoms with van der Waals surface area (Å²) in [5, 5.41) is 2.78. The molecule has 0 saturated heterocycles. The third kappa shape index (κ3) is 2.63. The summed E-state index contributed by atoms with van der Waals surface area (Å²) in [5.74, 6) is 1.72. The molecule has 0 saturated carbocycles. The van der Waals surface area contributed by atoms with Gasteiger partial charge in [0.15, 0.2) is 17.2 Å². The van der Waals surface area contributed by atoms with Crippen LogP contribution in [0.25, 0.3) is 0 Å². The molecule has 0 spiro atoms. The highest BCUT2D eigenvalue weighted by molar-refractivity contribution is 6.00. The van der Waals surface area contributed by atoms with Gasteiger partial charge in [-0.2, -0.15) is 0 Å². The molecule has 21 heavy (non-hydrogen) atoms. The molecule has 2 aromatic rings. The number of carbonyl (C=O) groups is 1. The molecule has 1 aliphatic rings. The van der Waals surface area contributed by atoms with Gasteiger partial charge in [0.05, 0.1) is 18.7 Å². The minimum atomic E-state index is -0.0312. The third-order valence-corrected chi connectivity index (χ3v) is 3.23. The van der Waals surface area contributed by atoms with E-state index in [0.717, 1.165) is 11.3 Å². The Morgan fingerprint density at radius 2 is 1.95 bits per heavy atom. The number of nitrogens with two attached hydrogens (primary N) is 1. The summed E-state index contributed by atoms with van der Waals surface area (Å²) < 4.78 is 11.4. The molecule has 3 N–H and O–H groups in total. The number of para-hydroxylation sites is 2. The second-order valence-corrected chi connectivity index (χ2v) is 4.75. The molecule has 0 aromatic heterocycles. The van der Waals surface area contributed by atoms with Gasteiger partial charge in [0.1, 0.15) is 0 Å². The monoisotopic (exact) mass is 284 g/mol. The Kier molecular flexibility index (Phi) is 3.39. The van der Waals surface area contributed by atoms with E-state index in [1.54, 1.807) is 12.1 Å². The van der Waals surface area contributed by atoms with Gasteiger partial charge >= 0.3 is 0 Å². The summed E-state index contributed by atoms with van der Waals surface area (Å²) in [7, 11) is 0. The van der Waals surface area contributed by atoms with Gasteiger partial charge in [-0.1, -0.05) is 12.1 Å². The zero-order valence-electron chi connectivity index (χ0n) is 11.7. The highest BCUT2D eigenvalue weighted by Crippen LogP contribution is 2.38. The summed E-state index contributed by atoms with van der Waals surface area (Å²) in [6.45, 7) is 2.46. The molecule has 2 aromatic carbocycles. The number of nitrogen functional groups attached to an aromatic ring is 1. The number of fused-ring (bicyclic) bond motifs is 1. The quantitative estimate of drug-likeness (QED) is 0.847. The second kappa shape index (κ2) is 5.36. The fourth-order valence-corrected chi connectivity index (χ4v) is 2.29. The van der Waals surface area contributed by atoms with E-state index in [2.05, 4.69) is 5.32 Å². The predicted molar refractivity (Wildman–Crippen MR) is 80.9 cm³/mol. The van der Waals surface area contributed by atoms with Crippen molar-refractivity contribution >= 4 is 17.3 Å². The number of carbonyl (C=O) groups excluding carboxylic acids is 1. The first kappa shape index (κ1) is 13.3. The molecular weight excluding hydrogens is 268 g/mol. The van der Waals surface area contributed by atoms with Gasteiger partial charge in [0.2, 0.25) is 5.91 Å². The topological polar surface area (TPSA) is 73.6 Å². The SMILES string of the molecule is CCOc1ccccc1Oc1cc2c(cc1N)CC(=O)N2. The van der Waals surface area contributed by atoms with Crippen molar-refractivity contribution in [2.24, 2.45) is 0 Å². The van der Waals surface area contributed by atoms with Crippen LogP contribution in [0.15, 0.2) is 36.4 Å². The summed E-state index contributed by atoms with van der Waals surface area (Å²) in [6, 6.07) is 10.9. The van der Waals surface area contributed by atoms with Crippen molar-refractivity contribution < 1.29 is 14.3 Å². The number of anilines is 2. The maximum Gasteiger partial charge on any atom is 0.228 e. The van der Waals surface area contributed by atoms with Gasteiger partial charge in [-0.25, -0.2) is 0 Å². The number of benzene rings is 2. The number of amides is 1. The molecule has 0 radical (unpaired) electrons. The minimum Gasteiger partial charge on any atom is -0.490 e. The van der Waals surface area contributed by atoms with Gasteiger partial charge in [-0.15, -0.1) is 0 Å². The van der Waals surface area contributed by atoms with E-state index in [9.17, 15) is 4.79 Å². The van der Waals surface area contributed by atoms with Crippen LogP contribution in [0, 0.1) is 0 Å². The molecule has 0 atom stereocenters. The van der Waals surface area contributed by atoms with Crippen LogP contribution in [0.2, 0.25) is 0 Å². The van der Waals surface area contributed by atoms with Crippen molar-refractivity contribution in [2.75, 3.05) is 17.7 Å². The largest absolute Gasteiger partial charge is 0.490 e. The lowest BCUT2D eigenvalue weighted by atomic mass is 10.1. The van der Waals surface area contributed by atoms with Gasteiger partial charge in [-0.05, 0) is 30.7 Å². The summed E-state index contributed by atoms with van der Waals surface area (Å²) >= 11 is 0. The molecule has 108 valence electrons. The summed E-state index contributed by atoms with van der Waals surface area (Å²) in [5.41, 5.74) is 8.14. The number of hydrogen-bond acceptors (Lipinski definition) is 4. The van der Waals surface area contributed by atoms with Crippen LogP contribution in [-0.4, -0.2) is 12.5 Å². The highest BCUT2D eigenvalue weighted by Gasteiger charge is 2.20. The molecular formula is C16H16N2O3. The fraction of sp³-hybridized carbons (Fsp3) is 0.188. The molecule has 3 rings (SSSR count). The number of ether oxygens (including phenoxy) is 2. The van der Waals surface area contributed by atoms with Gasteiger partial charge < -0.3 is 20.5 Å². The van der Waals surface area contributed by atoms with Gasteiger partial charge in [-0.3, -0.25) is 4.79 Å². The van der Waals surface area contributed by atoms with Crippen LogP contribution in [0.4, 0.5) is 11.4 Å². The first-order valence-electron chi connectivity index (χ1n) is 6.79. The van der Waals surface area contributed by atoms with Crippen LogP contribution in [0.3, 0.4) is 0 Å². The third-order valence-electron chi connectivity index (χ3n) is 3.23. The van der Waals surface area contributed by atoms with Crippen molar-refractivity contribution in [3.8, 4) is 17.2 Å². The lowest BCUT2D eigenvalue weighted by molar-refractivity contribution is -0.115. The Labute approximate surface area is 122 Å². The standard InChI is InChI=1S/C16H16N2O3/c1-2-20-13-5-3-4-6-14(13)21-15-9-12-10(7-11(15)17)8-16(19)18-12/h3-7,9H,2,8,17H2,1H3,(H,18,19). The smallest absolute Gasteiger partial charge is 0.228 e. The van der Waals surface area contributed by atoms with E-state index < -0.39 is 0 Å². The van der Waals surface area contributed by atoms with Crippen molar-refractivity contribution in [1.29, 1.82) is 0 Å². The van der Waals surface area contributed by atoms with Gasteiger partial charge in [0, 0.05) is 11.8 Å². The number of nitrogens with one attached hydrogen (secondary N) is 1. The van der Waals surface area contributed by atoms with Crippen molar-refractivity contribution in [1.82, 2.24) is 0 Å². The van der Waals surface area contributed by atoms with Crippen molar-refractivity contribution in [3.05, 3.63) is 42.0 Å². The van der Waals surface area contributed by atoms with Crippen molar-refractivity contribution in [3.63, 3.8) is 0 Å². The van der Waals surface area contributed by atoms with Crippen LogP contribution in [-0.2, 0) is 11.2 Å². The molecule has 1 amide bonds. The lowest BCUT2D eigenvalue weighted by Gasteiger charge is -2.13. The van der Waals surface area contributed by atoms with Crippen LogP contribution >= 0.6 is 0 Å². The Bertz CT molecular complexity index is 698. The Balaban J connectivity index is 1.92. The first-order valence-corrected chi connectivity index (χ1v) is 6.79. The van der Waals surface area contributed by atoms with Crippen molar-refractivity contribution in [2.45, 2.75) is 13.3 Å². The Morgan fingerprint density at radius 1 is 1.19 bits per heavy atom. The van der Waals surface area contributed by atoms with Gasteiger partial charge in [0.25, 0.3) is 0 Å². The molecule has 1 heterocycles. The zero-order valence-corrected chi connectivity index (χ0v) is 11.7. The Hall–Kier alpha value is -2.69. The zero-order chi connectivity index (χ0) is 14.8. The number of hydrogen-bond donors (Lipinski definition) is 2. The van der Waals surface area contributed by atoms with E-state index in [0.29, 0.717) is 36.0 Å². The molecule has 1 aliphatic heterocycles. The maximum absolute atomic E-state index is 11.4.